The lowest BCUT2D eigenvalue weighted by Gasteiger charge is -2.27. The highest BCUT2D eigenvalue weighted by Gasteiger charge is 2.11. The number of hydrogen-bond donors (Lipinski definition) is 2. The lowest BCUT2D eigenvalue weighted by Crippen LogP contribution is -2.46. The maximum atomic E-state index is 13.2. The third-order valence-corrected chi connectivity index (χ3v) is 3.23. The molecule has 1 aliphatic heterocycles. The summed E-state index contributed by atoms with van der Waals surface area (Å²) in [6, 6.07) is 4.38. The Morgan fingerprint density at radius 1 is 1.37 bits per heavy atom. The Bertz CT molecular complexity index is 424. The molecule has 1 aromatic rings. The third kappa shape index (κ3) is 4.29. The lowest BCUT2D eigenvalue weighted by molar-refractivity contribution is 0.0946. The molecule has 4 nitrogen and oxygen atoms in total. The van der Waals surface area contributed by atoms with Crippen molar-refractivity contribution in [3.8, 4) is 0 Å². The zero-order valence-corrected chi connectivity index (χ0v) is 11.2. The van der Waals surface area contributed by atoms with E-state index >= 15 is 0 Å². The molecule has 0 bridgehead atoms. The van der Waals surface area contributed by atoms with Crippen LogP contribution in [0.1, 0.15) is 15.9 Å². The molecule has 5 heteroatoms. The number of piperazine rings is 1. The van der Waals surface area contributed by atoms with Crippen molar-refractivity contribution in [3.05, 3.63) is 35.1 Å². The fourth-order valence-corrected chi connectivity index (χ4v) is 2.23. The molecule has 1 aromatic carbocycles. The van der Waals surface area contributed by atoms with Crippen molar-refractivity contribution >= 4 is 5.91 Å². The zero-order chi connectivity index (χ0) is 13.7. The van der Waals surface area contributed by atoms with Crippen LogP contribution in [0.15, 0.2) is 18.2 Å². The Morgan fingerprint density at radius 3 is 2.79 bits per heavy atom. The van der Waals surface area contributed by atoms with Crippen LogP contribution >= 0.6 is 0 Å². The molecule has 1 fully saturated rings. The van der Waals surface area contributed by atoms with Gasteiger partial charge < -0.3 is 10.6 Å². The highest BCUT2D eigenvalue weighted by atomic mass is 19.1. The van der Waals surface area contributed by atoms with Crippen LogP contribution in [0.4, 0.5) is 4.39 Å². The Morgan fingerprint density at radius 2 is 2.11 bits per heavy atom. The van der Waals surface area contributed by atoms with Crippen molar-refractivity contribution in [2.45, 2.75) is 6.92 Å². The molecule has 0 aromatic heterocycles. The lowest BCUT2D eigenvalue weighted by atomic mass is 10.1. The number of hydrogen-bond acceptors (Lipinski definition) is 3. The summed E-state index contributed by atoms with van der Waals surface area (Å²) >= 11 is 0. The summed E-state index contributed by atoms with van der Waals surface area (Å²) in [4.78, 5) is 14.2. The van der Waals surface area contributed by atoms with E-state index in [4.69, 9.17) is 0 Å². The van der Waals surface area contributed by atoms with Gasteiger partial charge >= 0.3 is 0 Å². The molecule has 1 heterocycles. The van der Waals surface area contributed by atoms with E-state index in [0.29, 0.717) is 12.1 Å². The first kappa shape index (κ1) is 14.0. The topological polar surface area (TPSA) is 44.4 Å². The maximum Gasteiger partial charge on any atom is 0.251 e. The molecule has 0 saturated carbocycles. The van der Waals surface area contributed by atoms with E-state index in [9.17, 15) is 9.18 Å². The first-order valence-corrected chi connectivity index (χ1v) is 6.63. The van der Waals surface area contributed by atoms with Gasteiger partial charge in [-0.25, -0.2) is 4.39 Å². The van der Waals surface area contributed by atoms with Gasteiger partial charge in [0.25, 0.3) is 5.91 Å². The van der Waals surface area contributed by atoms with Crippen LogP contribution in [-0.2, 0) is 0 Å². The molecule has 1 saturated heterocycles. The van der Waals surface area contributed by atoms with E-state index in [2.05, 4.69) is 15.5 Å². The fourth-order valence-electron chi connectivity index (χ4n) is 2.23. The van der Waals surface area contributed by atoms with Gasteiger partial charge in [-0.15, -0.1) is 0 Å². The number of benzene rings is 1. The molecule has 0 radical (unpaired) electrons. The van der Waals surface area contributed by atoms with Gasteiger partial charge in [0, 0.05) is 44.8 Å². The molecule has 0 unspecified atom stereocenters. The van der Waals surface area contributed by atoms with Crippen molar-refractivity contribution < 1.29 is 9.18 Å². The molecule has 104 valence electrons. The second-order valence-corrected chi connectivity index (χ2v) is 4.86. The van der Waals surface area contributed by atoms with Crippen LogP contribution in [0.25, 0.3) is 0 Å². The number of carbonyl (C=O) groups is 1. The van der Waals surface area contributed by atoms with Crippen LogP contribution in [0.5, 0.6) is 0 Å². The van der Waals surface area contributed by atoms with E-state index in [1.807, 2.05) is 0 Å². The van der Waals surface area contributed by atoms with E-state index < -0.39 is 0 Å². The SMILES string of the molecule is Cc1cc(F)cc(C(=O)NCCN2CCNCC2)c1. The van der Waals surface area contributed by atoms with Crippen LogP contribution in [-0.4, -0.2) is 50.1 Å². The monoisotopic (exact) mass is 265 g/mol. The van der Waals surface area contributed by atoms with Gasteiger partial charge in [-0.1, -0.05) is 0 Å². The summed E-state index contributed by atoms with van der Waals surface area (Å²) < 4.78 is 13.2. The second-order valence-electron chi connectivity index (χ2n) is 4.86. The summed E-state index contributed by atoms with van der Waals surface area (Å²) in [5, 5.41) is 6.11. The maximum absolute atomic E-state index is 13.2. The molecule has 0 spiro atoms. The van der Waals surface area contributed by atoms with Crippen LogP contribution in [0, 0.1) is 12.7 Å². The molecule has 2 N–H and O–H groups in total. The summed E-state index contributed by atoms with van der Waals surface area (Å²) in [6.45, 7) is 7.22. The van der Waals surface area contributed by atoms with Crippen molar-refractivity contribution in [3.63, 3.8) is 0 Å². The van der Waals surface area contributed by atoms with Crippen LogP contribution < -0.4 is 10.6 Å². The first-order chi connectivity index (χ1) is 9.15. The molecule has 19 heavy (non-hydrogen) atoms. The van der Waals surface area contributed by atoms with Gasteiger partial charge in [-0.3, -0.25) is 9.69 Å². The minimum Gasteiger partial charge on any atom is -0.351 e. The van der Waals surface area contributed by atoms with Gasteiger partial charge in [0.15, 0.2) is 0 Å². The van der Waals surface area contributed by atoms with Gasteiger partial charge in [0.1, 0.15) is 5.82 Å². The first-order valence-electron chi connectivity index (χ1n) is 6.63. The zero-order valence-electron chi connectivity index (χ0n) is 11.2. The molecular formula is C14H20FN3O. The summed E-state index contributed by atoms with van der Waals surface area (Å²) in [5.74, 6) is -0.579. The number of nitrogens with one attached hydrogen (secondary N) is 2. The largest absolute Gasteiger partial charge is 0.351 e. The Labute approximate surface area is 113 Å². The van der Waals surface area contributed by atoms with Crippen molar-refractivity contribution in [1.82, 2.24) is 15.5 Å². The summed E-state index contributed by atoms with van der Waals surface area (Å²) in [7, 11) is 0. The van der Waals surface area contributed by atoms with Crippen molar-refractivity contribution in [2.75, 3.05) is 39.3 Å². The average Bonchev–Trinajstić information content (AvgIpc) is 2.38. The van der Waals surface area contributed by atoms with E-state index in [1.165, 1.54) is 12.1 Å². The van der Waals surface area contributed by atoms with Crippen molar-refractivity contribution in [2.24, 2.45) is 0 Å². The molecule has 0 atom stereocenters. The number of amides is 1. The van der Waals surface area contributed by atoms with E-state index in [0.717, 1.165) is 38.3 Å². The summed E-state index contributed by atoms with van der Waals surface area (Å²) in [6.07, 6.45) is 0. The summed E-state index contributed by atoms with van der Waals surface area (Å²) in [5.41, 5.74) is 1.14. The third-order valence-electron chi connectivity index (χ3n) is 3.23. The molecule has 2 rings (SSSR count). The minimum atomic E-state index is -0.368. The number of rotatable bonds is 4. The van der Waals surface area contributed by atoms with E-state index in [-0.39, 0.29) is 11.7 Å². The number of halogens is 1. The number of aryl methyl sites for hydroxylation is 1. The second kappa shape index (κ2) is 6.63. The van der Waals surface area contributed by atoms with Gasteiger partial charge in [0.2, 0.25) is 0 Å². The molecule has 1 aliphatic rings. The average molecular weight is 265 g/mol. The Kier molecular flexibility index (Phi) is 4.87. The van der Waals surface area contributed by atoms with E-state index in [1.54, 1.807) is 13.0 Å². The predicted octanol–water partition coefficient (Wildman–Crippen LogP) is 0.769. The van der Waals surface area contributed by atoms with Crippen LogP contribution in [0.2, 0.25) is 0 Å². The highest BCUT2D eigenvalue weighted by Crippen LogP contribution is 2.08. The molecular weight excluding hydrogens is 245 g/mol. The molecule has 1 amide bonds. The smallest absolute Gasteiger partial charge is 0.251 e. The van der Waals surface area contributed by atoms with Crippen LogP contribution in [0.3, 0.4) is 0 Å². The molecule has 0 aliphatic carbocycles. The van der Waals surface area contributed by atoms with Crippen molar-refractivity contribution in [1.29, 1.82) is 0 Å². The number of carbonyl (C=O) groups excluding carboxylic acids is 1. The minimum absolute atomic E-state index is 0.210. The van der Waals surface area contributed by atoms with Gasteiger partial charge in [-0.05, 0) is 30.7 Å². The fraction of sp³-hybridized carbons (Fsp3) is 0.500. The Hall–Kier alpha value is -1.46. The normalized spacial score (nSPS) is 16.3. The van der Waals surface area contributed by atoms with Gasteiger partial charge in [-0.2, -0.15) is 0 Å². The standard InChI is InChI=1S/C14H20FN3O/c1-11-8-12(10-13(15)9-11)14(19)17-4-7-18-5-2-16-3-6-18/h8-10,16H,2-7H2,1H3,(H,17,19). The number of nitrogens with zero attached hydrogens (tertiary/aromatic N) is 1. The Balaban J connectivity index is 1.80. The predicted molar refractivity (Wildman–Crippen MR) is 72.8 cm³/mol. The highest BCUT2D eigenvalue weighted by molar-refractivity contribution is 5.94. The quantitative estimate of drug-likeness (QED) is 0.845. The van der Waals surface area contributed by atoms with Gasteiger partial charge in [0.05, 0.1) is 0 Å².